The van der Waals surface area contributed by atoms with Gasteiger partial charge in [-0.1, -0.05) is 0 Å². The molecule has 0 spiro atoms. The third-order valence-electron chi connectivity index (χ3n) is 2.19. The largest absolute Gasteiger partial charge is 0.330 e. The van der Waals surface area contributed by atoms with E-state index < -0.39 is 0 Å². The minimum Gasteiger partial charge on any atom is -0.330 e. The Morgan fingerprint density at radius 2 is 2.07 bits per heavy atom. The third-order valence-corrected chi connectivity index (χ3v) is 2.39. The van der Waals surface area contributed by atoms with Gasteiger partial charge in [-0.2, -0.15) is 0 Å². The Kier molecular flexibility index (Phi) is 2.60. The highest BCUT2D eigenvalue weighted by atomic mass is 32.1. The maximum atomic E-state index is 5.01. The molecular weight excluding hydrogens is 206 g/mol. The van der Waals surface area contributed by atoms with Crippen molar-refractivity contribution in [2.75, 3.05) is 0 Å². The van der Waals surface area contributed by atoms with Gasteiger partial charge in [-0.3, -0.25) is 4.98 Å². The fourth-order valence-corrected chi connectivity index (χ4v) is 1.61. The Balaban J connectivity index is 2.63. The second-order valence-corrected chi connectivity index (χ2v) is 3.82. The standard InChI is InChI=1S/C11H11N3S/c1-7-6-13-11(15)14-10(7)9-3-4-12-8(2)5-9/h3-6H,1-2H3,(H,13,14,15). The van der Waals surface area contributed by atoms with Crippen LogP contribution in [-0.4, -0.2) is 15.0 Å². The molecule has 0 aromatic carbocycles. The van der Waals surface area contributed by atoms with Crippen molar-refractivity contribution >= 4 is 12.2 Å². The summed E-state index contributed by atoms with van der Waals surface area (Å²) in [5.74, 6) is 0. The Bertz CT molecular complexity index is 546. The molecule has 0 atom stereocenters. The van der Waals surface area contributed by atoms with Crippen LogP contribution in [0, 0.1) is 18.6 Å². The van der Waals surface area contributed by atoms with Gasteiger partial charge in [0.2, 0.25) is 0 Å². The molecule has 0 saturated carbocycles. The van der Waals surface area contributed by atoms with E-state index in [9.17, 15) is 0 Å². The van der Waals surface area contributed by atoms with Crippen LogP contribution < -0.4 is 0 Å². The van der Waals surface area contributed by atoms with E-state index in [4.69, 9.17) is 12.2 Å². The van der Waals surface area contributed by atoms with Crippen LogP contribution in [0.5, 0.6) is 0 Å². The number of nitrogens with one attached hydrogen (secondary N) is 1. The van der Waals surface area contributed by atoms with E-state index in [2.05, 4.69) is 15.0 Å². The first-order valence-electron chi connectivity index (χ1n) is 4.66. The van der Waals surface area contributed by atoms with Crippen LogP contribution in [0.1, 0.15) is 11.3 Å². The molecule has 0 amide bonds. The predicted molar refractivity (Wildman–Crippen MR) is 62.1 cm³/mol. The lowest BCUT2D eigenvalue weighted by atomic mass is 10.1. The molecular formula is C11H11N3S. The van der Waals surface area contributed by atoms with E-state index in [1.165, 1.54) is 0 Å². The lowest BCUT2D eigenvalue weighted by Gasteiger charge is -2.05. The molecule has 0 bridgehead atoms. The molecule has 0 saturated heterocycles. The smallest absolute Gasteiger partial charge is 0.197 e. The molecule has 0 aliphatic rings. The van der Waals surface area contributed by atoms with Crippen LogP contribution in [-0.2, 0) is 0 Å². The fourth-order valence-electron chi connectivity index (χ4n) is 1.46. The summed E-state index contributed by atoms with van der Waals surface area (Å²) in [5.41, 5.74) is 4.17. The van der Waals surface area contributed by atoms with Crippen molar-refractivity contribution in [2.24, 2.45) is 0 Å². The number of H-pyrrole nitrogens is 1. The number of rotatable bonds is 1. The molecule has 0 unspecified atom stereocenters. The lowest BCUT2D eigenvalue weighted by Crippen LogP contribution is -1.92. The zero-order chi connectivity index (χ0) is 10.8. The summed E-state index contributed by atoms with van der Waals surface area (Å²) in [5, 5.41) is 0. The molecule has 15 heavy (non-hydrogen) atoms. The van der Waals surface area contributed by atoms with Gasteiger partial charge in [0.05, 0.1) is 5.69 Å². The summed E-state index contributed by atoms with van der Waals surface area (Å²) >= 11 is 5.01. The van der Waals surface area contributed by atoms with E-state index in [1.54, 1.807) is 12.4 Å². The van der Waals surface area contributed by atoms with Gasteiger partial charge in [0.15, 0.2) is 4.77 Å². The number of aryl methyl sites for hydroxylation is 2. The number of pyridine rings is 1. The Labute approximate surface area is 93.2 Å². The van der Waals surface area contributed by atoms with Gasteiger partial charge in [0.1, 0.15) is 0 Å². The average molecular weight is 217 g/mol. The summed E-state index contributed by atoms with van der Waals surface area (Å²) in [4.78, 5) is 11.3. The fraction of sp³-hybridized carbons (Fsp3) is 0.182. The summed E-state index contributed by atoms with van der Waals surface area (Å²) in [6.45, 7) is 3.97. The Morgan fingerprint density at radius 1 is 1.27 bits per heavy atom. The molecule has 3 nitrogen and oxygen atoms in total. The van der Waals surface area contributed by atoms with E-state index in [1.807, 2.05) is 26.0 Å². The molecule has 4 heteroatoms. The summed E-state index contributed by atoms with van der Waals surface area (Å²) in [6, 6.07) is 3.98. The van der Waals surface area contributed by atoms with Crippen molar-refractivity contribution in [2.45, 2.75) is 13.8 Å². The molecule has 0 radical (unpaired) electrons. The van der Waals surface area contributed by atoms with E-state index in [0.717, 1.165) is 22.5 Å². The van der Waals surface area contributed by atoms with Crippen LogP contribution in [0.25, 0.3) is 11.3 Å². The molecule has 0 aliphatic carbocycles. The third kappa shape index (κ3) is 2.10. The second-order valence-electron chi connectivity index (χ2n) is 3.43. The van der Waals surface area contributed by atoms with Gasteiger partial charge in [-0.05, 0) is 43.8 Å². The first-order chi connectivity index (χ1) is 7.16. The Morgan fingerprint density at radius 3 is 2.80 bits per heavy atom. The first kappa shape index (κ1) is 9.98. The number of hydrogen-bond donors (Lipinski definition) is 1. The molecule has 0 fully saturated rings. The zero-order valence-electron chi connectivity index (χ0n) is 8.61. The normalized spacial score (nSPS) is 10.3. The van der Waals surface area contributed by atoms with Crippen molar-refractivity contribution in [3.8, 4) is 11.3 Å². The van der Waals surface area contributed by atoms with Gasteiger partial charge >= 0.3 is 0 Å². The minimum atomic E-state index is 0.505. The molecule has 2 rings (SSSR count). The van der Waals surface area contributed by atoms with Crippen LogP contribution in [0.2, 0.25) is 0 Å². The number of hydrogen-bond acceptors (Lipinski definition) is 3. The first-order valence-corrected chi connectivity index (χ1v) is 5.06. The number of nitrogens with zero attached hydrogens (tertiary/aromatic N) is 2. The molecule has 2 aromatic rings. The number of aromatic nitrogens is 3. The highest BCUT2D eigenvalue weighted by molar-refractivity contribution is 7.71. The van der Waals surface area contributed by atoms with Crippen LogP contribution >= 0.6 is 12.2 Å². The summed E-state index contributed by atoms with van der Waals surface area (Å²) in [6.07, 6.45) is 3.57. The topological polar surface area (TPSA) is 41.6 Å². The van der Waals surface area contributed by atoms with Gasteiger partial charge in [-0.15, -0.1) is 0 Å². The highest BCUT2D eigenvalue weighted by Gasteiger charge is 2.02. The molecule has 2 aromatic heterocycles. The molecule has 76 valence electrons. The van der Waals surface area contributed by atoms with Crippen LogP contribution in [0.15, 0.2) is 24.5 Å². The minimum absolute atomic E-state index is 0.505. The van der Waals surface area contributed by atoms with Gasteiger partial charge in [0, 0.05) is 23.7 Å². The van der Waals surface area contributed by atoms with Crippen molar-refractivity contribution in [3.63, 3.8) is 0 Å². The maximum Gasteiger partial charge on any atom is 0.197 e. The van der Waals surface area contributed by atoms with Crippen LogP contribution in [0.3, 0.4) is 0 Å². The summed E-state index contributed by atoms with van der Waals surface area (Å²) < 4.78 is 0.505. The van der Waals surface area contributed by atoms with Crippen LogP contribution in [0.4, 0.5) is 0 Å². The van der Waals surface area contributed by atoms with Gasteiger partial charge < -0.3 is 4.98 Å². The molecule has 1 N–H and O–H groups in total. The average Bonchev–Trinajstić information content (AvgIpc) is 2.22. The number of aromatic amines is 1. The molecule has 0 aliphatic heterocycles. The predicted octanol–water partition coefficient (Wildman–Crippen LogP) is 2.82. The van der Waals surface area contributed by atoms with E-state index in [0.29, 0.717) is 4.77 Å². The quantitative estimate of drug-likeness (QED) is 0.747. The van der Waals surface area contributed by atoms with E-state index in [-0.39, 0.29) is 0 Å². The zero-order valence-corrected chi connectivity index (χ0v) is 9.43. The maximum absolute atomic E-state index is 5.01. The van der Waals surface area contributed by atoms with E-state index >= 15 is 0 Å². The van der Waals surface area contributed by atoms with Gasteiger partial charge in [-0.25, -0.2) is 4.98 Å². The second kappa shape index (κ2) is 3.90. The SMILES string of the molecule is Cc1cc(-c2[nH]c(=S)ncc2C)ccn1. The van der Waals surface area contributed by atoms with Crippen molar-refractivity contribution < 1.29 is 0 Å². The Hall–Kier alpha value is -1.55. The highest BCUT2D eigenvalue weighted by Crippen LogP contribution is 2.19. The van der Waals surface area contributed by atoms with Gasteiger partial charge in [0.25, 0.3) is 0 Å². The molecule has 2 heterocycles. The van der Waals surface area contributed by atoms with Crippen molar-refractivity contribution in [3.05, 3.63) is 40.6 Å². The van der Waals surface area contributed by atoms with Crippen molar-refractivity contribution in [1.82, 2.24) is 15.0 Å². The monoisotopic (exact) mass is 217 g/mol. The lowest BCUT2D eigenvalue weighted by molar-refractivity contribution is 1.10. The summed E-state index contributed by atoms with van der Waals surface area (Å²) in [7, 11) is 0. The van der Waals surface area contributed by atoms with Crippen molar-refractivity contribution in [1.29, 1.82) is 0 Å².